The average molecular weight is 299 g/mol. The van der Waals surface area contributed by atoms with Crippen LogP contribution in [0.2, 0.25) is 0 Å². The van der Waals surface area contributed by atoms with E-state index in [4.69, 9.17) is 4.74 Å². The number of carbonyl (C=O) groups excluding carboxylic acids is 1. The van der Waals surface area contributed by atoms with E-state index in [0.717, 1.165) is 16.9 Å². The summed E-state index contributed by atoms with van der Waals surface area (Å²) in [5, 5.41) is 3.98. The normalized spacial score (nSPS) is 11.1. The van der Waals surface area contributed by atoms with Gasteiger partial charge in [0.15, 0.2) is 0 Å². The number of ether oxygens (including phenoxy) is 1. The van der Waals surface area contributed by atoms with Gasteiger partial charge >= 0.3 is 0 Å². The molecule has 0 bridgehead atoms. The molecule has 1 heterocycles. The highest BCUT2D eigenvalue weighted by Crippen LogP contribution is 2.11. The van der Waals surface area contributed by atoms with Gasteiger partial charge in [-0.05, 0) is 37.6 Å². The van der Waals surface area contributed by atoms with Crippen molar-refractivity contribution in [1.29, 1.82) is 0 Å². The maximum Gasteiger partial charge on any atom is 0.244 e. The number of nitrogens with one attached hydrogen (secondary N) is 1. The van der Waals surface area contributed by atoms with E-state index in [2.05, 4.69) is 28.9 Å². The predicted octanol–water partition coefficient (Wildman–Crippen LogP) is 2.77. The summed E-state index contributed by atoms with van der Waals surface area (Å²) in [7, 11) is 1.61. The van der Waals surface area contributed by atoms with Gasteiger partial charge in [-0.1, -0.05) is 12.1 Å². The van der Waals surface area contributed by atoms with Crippen LogP contribution in [-0.2, 0) is 11.2 Å². The highest BCUT2D eigenvalue weighted by atomic mass is 16.5. The molecular formula is C17H21N3O2. The van der Waals surface area contributed by atoms with Crippen LogP contribution in [-0.4, -0.2) is 23.8 Å². The summed E-state index contributed by atoms with van der Waals surface area (Å²) in [5.74, 6) is 0.626. The number of hydrazone groups is 1. The van der Waals surface area contributed by atoms with Gasteiger partial charge in [-0.25, -0.2) is 5.43 Å². The predicted molar refractivity (Wildman–Crippen MR) is 87.3 cm³/mol. The third-order valence-electron chi connectivity index (χ3n) is 3.26. The Hall–Kier alpha value is -2.56. The minimum atomic E-state index is -0.148. The third kappa shape index (κ3) is 4.48. The highest BCUT2D eigenvalue weighted by molar-refractivity contribution is 5.83. The molecule has 5 heteroatoms. The molecule has 1 N–H and O–H groups in total. The summed E-state index contributed by atoms with van der Waals surface area (Å²) >= 11 is 0. The Labute approximate surface area is 130 Å². The van der Waals surface area contributed by atoms with Gasteiger partial charge in [0.05, 0.1) is 19.7 Å². The molecule has 1 aromatic heterocycles. The third-order valence-corrected chi connectivity index (χ3v) is 3.26. The molecule has 0 aliphatic rings. The van der Waals surface area contributed by atoms with Crippen molar-refractivity contribution < 1.29 is 9.53 Å². The first-order valence-electron chi connectivity index (χ1n) is 7.21. The van der Waals surface area contributed by atoms with Crippen LogP contribution in [0.3, 0.4) is 0 Å². The molecule has 116 valence electrons. The lowest BCUT2D eigenvalue weighted by Gasteiger charge is -2.04. The number of methoxy groups -OCH3 is 1. The van der Waals surface area contributed by atoms with Gasteiger partial charge in [0.25, 0.3) is 0 Å². The zero-order valence-electron chi connectivity index (χ0n) is 13.1. The van der Waals surface area contributed by atoms with E-state index >= 15 is 0 Å². The molecule has 2 rings (SSSR count). The first kappa shape index (κ1) is 15.8. The summed E-state index contributed by atoms with van der Waals surface area (Å²) in [5.41, 5.74) is 4.41. The molecule has 0 aliphatic heterocycles. The minimum absolute atomic E-state index is 0.148. The molecule has 0 radical (unpaired) electrons. The van der Waals surface area contributed by atoms with Crippen LogP contribution in [0.5, 0.6) is 5.75 Å². The maximum atomic E-state index is 11.8. The first-order valence-corrected chi connectivity index (χ1v) is 7.21. The van der Waals surface area contributed by atoms with Gasteiger partial charge in [0, 0.05) is 24.0 Å². The van der Waals surface area contributed by atoms with E-state index in [9.17, 15) is 4.79 Å². The van der Waals surface area contributed by atoms with Gasteiger partial charge in [-0.15, -0.1) is 0 Å². The van der Waals surface area contributed by atoms with Crippen LogP contribution in [0.25, 0.3) is 0 Å². The molecule has 2 aromatic rings. The van der Waals surface area contributed by atoms with E-state index in [-0.39, 0.29) is 12.3 Å². The zero-order chi connectivity index (χ0) is 15.9. The second-order valence-corrected chi connectivity index (χ2v) is 5.30. The summed E-state index contributed by atoms with van der Waals surface area (Å²) in [6.45, 7) is 4.22. The Bertz CT molecular complexity index is 642. The Morgan fingerprint density at radius 3 is 2.64 bits per heavy atom. The van der Waals surface area contributed by atoms with Crippen LogP contribution >= 0.6 is 0 Å². The number of hydrogen-bond donors (Lipinski definition) is 1. The second kappa shape index (κ2) is 7.45. The van der Waals surface area contributed by atoms with Gasteiger partial charge in [0.2, 0.25) is 5.91 Å². The van der Waals surface area contributed by atoms with Gasteiger partial charge < -0.3 is 9.30 Å². The summed E-state index contributed by atoms with van der Waals surface area (Å²) in [6, 6.07) is 9.77. The van der Waals surface area contributed by atoms with Crippen LogP contribution in [0.4, 0.5) is 0 Å². The average Bonchev–Trinajstić information content (AvgIpc) is 2.97. The number of rotatable bonds is 6. The fourth-order valence-corrected chi connectivity index (χ4v) is 1.98. The highest BCUT2D eigenvalue weighted by Gasteiger charge is 2.02. The molecule has 0 spiro atoms. The quantitative estimate of drug-likeness (QED) is 0.658. The molecule has 0 saturated heterocycles. The van der Waals surface area contributed by atoms with Crippen LogP contribution in [0, 0.1) is 0 Å². The van der Waals surface area contributed by atoms with Crippen molar-refractivity contribution in [2.75, 3.05) is 7.11 Å². The van der Waals surface area contributed by atoms with E-state index in [1.165, 1.54) is 0 Å². The van der Waals surface area contributed by atoms with Crippen molar-refractivity contribution in [3.63, 3.8) is 0 Å². The number of nitrogens with zero attached hydrogens (tertiary/aromatic N) is 2. The van der Waals surface area contributed by atoms with E-state index in [1.54, 1.807) is 13.3 Å². The number of hydrogen-bond acceptors (Lipinski definition) is 3. The molecule has 0 atom stereocenters. The van der Waals surface area contributed by atoms with Crippen molar-refractivity contribution in [2.45, 2.75) is 26.3 Å². The molecule has 0 saturated carbocycles. The summed E-state index contributed by atoms with van der Waals surface area (Å²) < 4.78 is 7.16. The van der Waals surface area contributed by atoms with E-state index in [1.807, 2.05) is 42.7 Å². The maximum absolute atomic E-state index is 11.8. The number of carbonyl (C=O) groups is 1. The van der Waals surface area contributed by atoms with Crippen molar-refractivity contribution in [3.8, 4) is 5.75 Å². The number of aromatic nitrogens is 1. The van der Waals surface area contributed by atoms with Crippen molar-refractivity contribution >= 4 is 12.1 Å². The van der Waals surface area contributed by atoms with Gasteiger partial charge in [-0.3, -0.25) is 4.79 Å². The lowest BCUT2D eigenvalue weighted by atomic mass is 10.1. The van der Waals surface area contributed by atoms with Crippen LogP contribution < -0.4 is 10.2 Å². The lowest BCUT2D eigenvalue weighted by Crippen LogP contribution is -2.19. The van der Waals surface area contributed by atoms with Gasteiger partial charge in [0.1, 0.15) is 5.75 Å². The SMILES string of the molecule is COc1ccc(CC(=O)N/N=C/c2ccn(C(C)C)c2)cc1. The Kier molecular flexibility index (Phi) is 5.36. The number of benzene rings is 1. The Morgan fingerprint density at radius 1 is 1.32 bits per heavy atom. The molecule has 1 aromatic carbocycles. The Balaban J connectivity index is 1.84. The number of amides is 1. The zero-order valence-corrected chi connectivity index (χ0v) is 13.1. The molecule has 22 heavy (non-hydrogen) atoms. The first-order chi connectivity index (χ1) is 10.6. The monoisotopic (exact) mass is 299 g/mol. The van der Waals surface area contributed by atoms with Crippen LogP contribution in [0.1, 0.15) is 31.0 Å². The van der Waals surface area contributed by atoms with E-state index in [0.29, 0.717) is 6.04 Å². The van der Waals surface area contributed by atoms with Crippen molar-refractivity contribution in [2.24, 2.45) is 5.10 Å². The van der Waals surface area contributed by atoms with Crippen molar-refractivity contribution in [1.82, 2.24) is 9.99 Å². The fourth-order valence-electron chi connectivity index (χ4n) is 1.98. The Morgan fingerprint density at radius 2 is 2.05 bits per heavy atom. The van der Waals surface area contributed by atoms with Crippen LogP contribution in [0.15, 0.2) is 47.8 Å². The molecule has 0 unspecified atom stereocenters. The van der Waals surface area contributed by atoms with Crippen molar-refractivity contribution in [3.05, 3.63) is 53.9 Å². The van der Waals surface area contributed by atoms with E-state index < -0.39 is 0 Å². The topological polar surface area (TPSA) is 55.6 Å². The summed E-state index contributed by atoms with van der Waals surface area (Å²) in [6.07, 6.45) is 5.91. The fraction of sp³-hybridized carbons (Fsp3) is 0.294. The molecule has 0 aliphatic carbocycles. The lowest BCUT2D eigenvalue weighted by molar-refractivity contribution is -0.120. The molecule has 0 fully saturated rings. The molecule has 5 nitrogen and oxygen atoms in total. The largest absolute Gasteiger partial charge is 0.497 e. The second-order valence-electron chi connectivity index (χ2n) is 5.30. The minimum Gasteiger partial charge on any atom is -0.497 e. The summed E-state index contributed by atoms with van der Waals surface area (Å²) in [4.78, 5) is 11.8. The molecule has 1 amide bonds. The molecular weight excluding hydrogens is 278 g/mol. The van der Waals surface area contributed by atoms with Gasteiger partial charge in [-0.2, -0.15) is 5.10 Å². The smallest absolute Gasteiger partial charge is 0.244 e. The standard InChI is InChI=1S/C17H21N3O2/c1-13(2)20-9-8-15(12-20)11-18-19-17(21)10-14-4-6-16(22-3)7-5-14/h4-9,11-13H,10H2,1-3H3,(H,19,21)/b18-11+.